The first kappa shape index (κ1) is 31.1. The van der Waals surface area contributed by atoms with E-state index in [1.165, 1.54) is 24.8 Å². The summed E-state index contributed by atoms with van der Waals surface area (Å²) >= 11 is 0. The fourth-order valence-corrected chi connectivity index (χ4v) is 8.10. The molecule has 0 atom stereocenters. The summed E-state index contributed by atoms with van der Waals surface area (Å²) < 4.78 is 65.3. The number of piperidine rings is 1. The van der Waals surface area contributed by atoms with Gasteiger partial charge in [-0.05, 0) is 56.9 Å². The maximum Gasteiger partial charge on any atom is 0.408 e. The third kappa shape index (κ3) is 6.82. The third-order valence-corrected chi connectivity index (χ3v) is 10.8. The molecule has 1 aliphatic heterocycles. The minimum Gasteiger partial charge on any atom is -0.390 e. The van der Waals surface area contributed by atoms with Crippen molar-refractivity contribution < 1.29 is 26.7 Å². The van der Waals surface area contributed by atoms with Gasteiger partial charge in [-0.3, -0.25) is 4.68 Å². The number of hydrogen-bond donors (Lipinski definition) is 2. The average molecular weight is 668 g/mol. The Morgan fingerprint density at radius 1 is 1.04 bits per heavy atom. The molecule has 4 aromatic rings. The van der Waals surface area contributed by atoms with Crippen molar-refractivity contribution in [1.29, 1.82) is 0 Å². The zero-order chi connectivity index (χ0) is 33.0. The third-order valence-electron chi connectivity index (χ3n) is 8.81. The second kappa shape index (κ2) is 11.3. The molecule has 0 aromatic carbocycles. The minimum atomic E-state index is -4.39. The van der Waals surface area contributed by atoms with Crippen molar-refractivity contribution in [3.05, 3.63) is 60.4 Å². The number of rotatable bonds is 7. The number of halogens is 3. The molecule has 7 rings (SSSR count). The van der Waals surface area contributed by atoms with Gasteiger partial charge in [0, 0.05) is 37.7 Å². The van der Waals surface area contributed by atoms with Crippen LogP contribution in [-0.4, -0.2) is 77.6 Å². The summed E-state index contributed by atoms with van der Waals surface area (Å²) in [6, 6.07) is 3.52. The monoisotopic (exact) mass is 667 g/mol. The molecule has 5 heterocycles. The molecule has 0 amide bonds. The van der Waals surface area contributed by atoms with Gasteiger partial charge in [-0.1, -0.05) is 11.8 Å². The quantitative estimate of drug-likeness (QED) is 0.277. The van der Waals surface area contributed by atoms with E-state index in [4.69, 9.17) is 0 Å². The highest BCUT2D eigenvalue weighted by Crippen LogP contribution is 2.54. The second-order valence-corrected chi connectivity index (χ2v) is 15.0. The van der Waals surface area contributed by atoms with Crippen LogP contribution in [-0.2, 0) is 16.6 Å². The molecule has 3 fully saturated rings. The maximum absolute atomic E-state index is 12.8. The standard InChI is InChI=1S/C31H32F3N9O3S/c1-29(44)18-30(19-29)7-10-41(11-8-30)25-12-27(36-14-22(25)3-2-21-13-37-42(16-21)20-31(32,33)34)39-26-6-9-35-28(40-26)23-15-38-43(17-23)47(45,46)24-4-5-24/h6,9,12-17,24,44H,4-5,7-8,10-11,18-20H2,1H3,(H,35,36,39,40). The summed E-state index contributed by atoms with van der Waals surface area (Å²) in [6.07, 6.45) is 8.76. The summed E-state index contributed by atoms with van der Waals surface area (Å²) in [7, 11) is -3.52. The predicted octanol–water partition coefficient (Wildman–Crippen LogP) is 4.11. The van der Waals surface area contributed by atoms with Crippen LogP contribution in [0.2, 0.25) is 0 Å². The van der Waals surface area contributed by atoms with Crippen molar-refractivity contribution in [1.82, 2.24) is 33.9 Å². The Balaban J connectivity index is 1.14. The molecule has 0 radical (unpaired) electrons. The van der Waals surface area contributed by atoms with Crippen LogP contribution in [0.4, 0.5) is 30.5 Å². The SMILES string of the molecule is CC1(O)CC2(CCN(c3cc(Nc4ccnc(-c5cnn(S(=O)(=O)C6CC6)c5)n4)ncc3C#Cc3cnn(CC(F)(F)F)c3)CC2)C1. The Morgan fingerprint density at radius 3 is 2.51 bits per heavy atom. The van der Waals surface area contributed by atoms with E-state index in [2.05, 4.69) is 47.2 Å². The molecule has 246 valence electrons. The molecular weight excluding hydrogens is 635 g/mol. The fourth-order valence-electron chi connectivity index (χ4n) is 6.62. The molecule has 12 nitrogen and oxygen atoms in total. The van der Waals surface area contributed by atoms with Crippen LogP contribution < -0.4 is 10.2 Å². The molecule has 0 bridgehead atoms. The highest BCUT2D eigenvalue weighted by molar-refractivity contribution is 7.90. The summed E-state index contributed by atoms with van der Waals surface area (Å²) in [4.78, 5) is 15.6. The number of pyridine rings is 1. The van der Waals surface area contributed by atoms with Gasteiger partial charge >= 0.3 is 6.18 Å². The van der Waals surface area contributed by atoms with Gasteiger partial charge in [0.1, 0.15) is 18.2 Å². The van der Waals surface area contributed by atoms with Crippen molar-refractivity contribution in [2.75, 3.05) is 23.3 Å². The molecule has 1 saturated heterocycles. The smallest absolute Gasteiger partial charge is 0.390 e. The van der Waals surface area contributed by atoms with Crippen molar-refractivity contribution in [2.45, 2.75) is 69.0 Å². The molecule has 2 saturated carbocycles. The van der Waals surface area contributed by atoms with E-state index in [1.54, 1.807) is 18.5 Å². The Kier molecular flexibility index (Phi) is 7.51. The van der Waals surface area contributed by atoms with E-state index in [0.29, 0.717) is 47.0 Å². The van der Waals surface area contributed by atoms with E-state index in [1.807, 2.05) is 13.0 Å². The van der Waals surface area contributed by atoms with Gasteiger partial charge < -0.3 is 15.3 Å². The first-order valence-corrected chi connectivity index (χ1v) is 16.7. The van der Waals surface area contributed by atoms with E-state index in [9.17, 15) is 26.7 Å². The van der Waals surface area contributed by atoms with Gasteiger partial charge in [0.05, 0.1) is 51.8 Å². The molecule has 0 unspecified atom stereocenters. The highest BCUT2D eigenvalue weighted by atomic mass is 32.2. The minimum absolute atomic E-state index is 0.121. The molecule has 3 aliphatic rings. The number of anilines is 3. The number of nitrogens with zero attached hydrogens (tertiary/aromatic N) is 8. The zero-order valence-electron chi connectivity index (χ0n) is 25.4. The predicted molar refractivity (Wildman–Crippen MR) is 166 cm³/mol. The van der Waals surface area contributed by atoms with Crippen molar-refractivity contribution in [3.8, 4) is 23.2 Å². The lowest BCUT2D eigenvalue weighted by molar-refractivity contribution is -0.142. The number of alkyl halides is 3. The number of aromatic nitrogens is 7. The molecule has 16 heteroatoms. The van der Waals surface area contributed by atoms with Gasteiger partial charge in [0.25, 0.3) is 10.0 Å². The number of hydrogen-bond acceptors (Lipinski definition) is 10. The molecule has 2 aliphatic carbocycles. The number of nitrogens with one attached hydrogen (secondary N) is 1. The Bertz CT molecular complexity index is 1970. The van der Waals surface area contributed by atoms with Crippen LogP contribution in [0, 0.1) is 17.3 Å². The fraction of sp³-hybridized carbons (Fsp3) is 0.452. The van der Waals surface area contributed by atoms with Crippen LogP contribution in [0.1, 0.15) is 56.6 Å². The van der Waals surface area contributed by atoms with Gasteiger partial charge in [-0.25, -0.2) is 23.4 Å². The molecule has 4 aromatic heterocycles. The van der Waals surface area contributed by atoms with Gasteiger partial charge in [0.2, 0.25) is 0 Å². The Hall–Kier alpha value is -4.49. The van der Waals surface area contributed by atoms with Crippen LogP contribution in [0.5, 0.6) is 0 Å². The van der Waals surface area contributed by atoms with Crippen LogP contribution >= 0.6 is 0 Å². The van der Waals surface area contributed by atoms with Crippen molar-refractivity contribution in [3.63, 3.8) is 0 Å². The first-order chi connectivity index (χ1) is 22.3. The Morgan fingerprint density at radius 2 is 1.81 bits per heavy atom. The van der Waals surface area contributed by atoms with Crippen LogP contribution in [0.25, 0.3) is 11.4 Å². The van der Waals surface area contributed by atoms with E-state index in [0.717, 1.165) is 53.2 Å². The topological polar surface area (TPSA) is 144 Å². The van der Waals surface area contributed by atoms with E-state index in [-0.39, 0.29) is 5.41 Å². The highest BCUT2D eigenvalue weighted by Gasteiger charge is 2.51. The summed E-state index contributed by atoms with van der Waals surface area (Å²) in [6.45, 7) is 2.15. The molecule has 2 N–H and O–H groups in total. The summed E-state index contributed by atoms with van der Waals surface area (Å²) in [5, 5.41) is 21.0. The van der Waals surface area contributed by atoms with E-state index < -0.39 is 33.6 Å². The van der Waals surface area contributed by atoms with E-state index >= 15 is 0 Å². The summed E-state index contributed by atoms with van der Waals surface area (Å²) in [5.74, 6) is 7.19. The maximum atomic E-state index is 12.8. The van der Waals surface area contributed by atoms with Crippen molar-refractivity contribution >= 4 is 27.3 Å². The average Bonchev–Trinajstić information content (AvgIpc) is 3.58. The second-order valence-electron chi connectivity index (χ2n) is 13.0. The lowest BCUT2D eigenvalue weighted by Gasteiger charge is -2.55. The van der Waals surface area contributed by atoms with Gasteiger partial charge in [0.15, 0.2) is 5.82 Å². The van der Waals surface area contributed by atoms with Crippen molar-refractivity contribution in [2.24, 2.45) is 5.41 Å². The molecule has 1 spiro atoms. The van der Waals surface area contributed by atoms with Gasteiger partial charge in [-0.2, -0.15) is 27.5 Å². The van der Waals surface area contributed by atoms with Crippen LogP contribution in [0.15, 0.2) is 49.3 Å². The number of aliphatic hydroxyl groups is 1. The molecular formula is C31H32F3N9O3S. The largest absolute Gasteiger partial charge is 0.408 e. The first-order valence-electron chi connectivity index (χ1n) is 15.2. The summed E-state index contributed by atoms with van der Waals surface area (Å²) in [5.41, 5.74) is 1.70. The lowest BCUT2D eigenvalue weighted by Crippen LogP contribution is -2.54. The Labute approximate surface area is 269 Å². The molecule has 47 heavy (non-hydrogen) atoms. The normalized spacial score (nSPS) is 18.8. The van der Waals surface area contributed by atoms with Crippen LogP contribution in [0.3, 0.4) is 0 Å². The lowest BCUT2D eigenvalue weighted by atomic mass is 9.56. The van der Waals surface area contributed by atoms with Gasteiger partial charge in [-0.15, -0.1) is 0 Å². The zero-order valence-corrected chi connectivity index (χ0v) is 26.3.